The van der Waals surface area contributed by atoms with E-state index in [1.165, 1.54) is 0 Å². The normalized spacial score (nSPS) is 20.3. The maximum absolute atomic E-state index is 12.2. The molecule has 0 unspecified atom stereocenters. The Hall–Kier alpha value is -1.26. The molecule has 4 N–H and O–H groups in total. The molecule has 0 aromatic carbocycles. The molecule has 1 aliphatic carbocycles. The van der Waals surface area contributed by atoms with Crippen LogP contribution in [-0.4, -0.2) is 23.5 Å². The summed E-state index contributed by atoms with van der Waals surface area (Å²) in [6.45, 7) is 6.75. The second-order valence-corrected chi connectivity index (χ2v) is 6.02. The van der Waals surface area contributed by atoms with Gasteiger partial charge < -0.3 is 16.3 Å². The molecule has 1 saturated carbocycles. The number of nitrogens with one attached hydrogen (secondary N) is 1. The first-order chi connectivity index (χ1) is 7.82. The molecule has 1 amide bonds. The van der Waals surface area contributed by atoms with E-state index in [2.05, 4.69) is 31.2 Å². The Morgan fingerprint density at radius 2 is 1.94 bits per heavy atom. The SMILES string of the molecule is CC(C)(C)CNC(=O)C1(C(N)=NO)CCCC1. The number of rotatable bonds is 3. The van der Waals surface area contributed by atoms with Crippen LogP contribution in [0.15, 0.2) is 5.16 Å². The van der Waals surface area contributed by atoms with Crippen molar-refractivity contribution in [2.24, 2.45) is 21.7 Å². The summed E-state index contributed by atoms with van der Waals surface area (Å²) in [6.07, 6.45) is 3.22. The quantitative estimate of drug-likeness (QED) is 0.302. The lowest BCUT2D eigenvalue weighted by Gasteiger charge is -2.28. The Kier molecular flexibility index (Phi) is 4.01. The lowest BCUT2D eigenvalue weighted by molar-refractivity contribution is -0.127. The largest absolute Gasteiger partial charge is 0.409 e. The number of nitrogens with zero attached hydrogens (tertiary/aromatic N) is 1. The highest BCUT2D eigenvalue weighted by Crippen LogP contribution is 2.38. The highest BCUT2D eigenvalue weighted by molar-refractivity contribution is 6.07. The van der Waals surface area contributed by atoms with E-state index < -0.39 is 5.41 Å². The summed E-state index contributed by atoms with van der Waals surface area (Å²) in [4.78, 5) is 12.2. The van der Waals surface area contributed by atoms with Crippen molar-refractivity contribution in [1.82, 2.24) is 5.32 Å². The Balaban J connectivity index is 2.76. The zero-order chi connectivity index (χ0) is 13.1. The Morgan fingerprint density at radius 1 is 1.41 bits per heavy atom. The van der Waals surface area contributed by atoms with Gasteiger partial charge in [0, 0.05) is 6.54 Å². The van der Waals surface area contributed by atoms with Crippen LogP contribution in [0.3, 0.4) is 0 Å². The van der Waals surface area contributed by atoms with Gasteiger partial charge in [0.15, 0.2) is 5.84 Å². The van der Waals surface area contributed by atoms with Crippen LogP contribution in [0.5, 0.6) is 0 Å². The van der Waals surface area contributed by atoms with Gasteiger partial charge in [0.1, 0.15) is 5.41 Å². The van der Waals surface area contributed by atoms with Crippen molar-refractivity contribution in [3.63, 3.8) is 0 Å². The van der Waals surface area contributed by atoms with Gasteiger partial charge in [-0.3, -0.25) is 4.79 Å². The van der Waals surface area contributed by atoms with Gasteiger partial charge in [-0.15, -0.1) is 0 Å². The van der Waals surface area contributed by atoms with Crippen molar-refractivity contribution >= 4 is 11.7 Å². The zero-order valence-corrected chi connectivity index (χ0v) is 10.9. The lowest BCUT2D eigenvalue weighted by Crippen LogP contribution is -2.49. The second kappa shape index (κ2) is 4.94. The van der Waals surface area contributed by atoms with Crippen molar-refractivity contribution < 1.29 is 10.0 Å². The highest BCUT2D eigenvalue weighted by Gasteiger charge is 2.45. The van der Waals surface area contributed by atoms with E-state index in [1.54, 1.807) is 0 Å². The number of amidine groups is 1. The van der Waals surface area contributed by atoms with Gasteiger partial charge >= 0.3 is 0 Å². The molecule has 0 saturated heterocycles. The summed E-state index contributed by atoms with van der Waals surface area (Å²) in [5.74, 6) is -0.0679. The fraction of sp³-hybridized carbons (Fsp3) is 0.833. The third-order valence-corrected chi connectivity index (χ3v) is 3.27. The number of carbonyl (C=O) groups is 1. The first-order valence-electron chi connectivity index (χ1n) is 6.08. The summed E-state index contributed by atoms with van der Waals surface area (Å²) in [5.41, 5.74) is 4.93. The third kappa shape index (κ3) is 3.11. The van der Waals surface area contributed by atoms with Gasteiger partial charge in [-0.05, 0) is 18.3 Å². The fourth-order valence-corrected chi connectivity index (χ4v) is 2.19. The molecule has 17 heavy (non-hydrogen) atoms. The molecule has 0 aromatic rings. The van der Waals surface area contributed by atoms with E-state index in [-0.39, 0.29) is 17.2 Å². The minimum absolute atomic E-state index is 0.0283. The van der Waals surface area contributed by atoms with Crippen molar-refractivity contribution in [1.29, 1.82) is 0 Å². The van der Waals surface area contributed by atoms with Crippen LogP contribution >= 0.6 is 0 Å². The molecule has 98 valence electrons. The fourth-order valence-electron chi connectivity index (χ4n) is 2.19. The van der Waals surface area contributed by atoms with Gasteiger partial charge in [0.2, 0.25) is 5.91 Å². The summed E-state index contributed by atoms with van der Waals surface area (Å²) in [5, 5.41) is 14.8. The third-order valence-electron chi connectivity index (χ3n) is 3.27. The van der Waals surface area contributed by atoms with E-state index >= 15 is 0 Å². The molecule has 0 radical (unpaired) electrons. The minimum atomic E-state index is -0.792. The van der Waals surface area contributed by atoms with E-state index in [9.17, 15) is 4.79 Å². The second-order valence-electron chi connectivity index (χ2n) is 6.02. The number of oxime groups is 1. The molecule has 1 rings (SSSR count). The number of nitrogens with two attached hydrogens (primary N) is 1. The van der Waals surface area contributed by atoms with Gasteiger partial charge in [-0.25, -0.2) is 0 Å². The van der Waals surface area contributed by atoms with Gasteiger partial charge in [-0.2, -0.15) is 0 Å². The minimum Gasteiger partial charge on any atom is -0.409 e. The van der Waals surface area contributed by atoms with E-state index in [4.69, 9.17) is 10.9 Å². The molecule has 0 bridgehead atoms. The molecule has 0 aliphatic heterocycles. The Bertz CT molecular complexity index is 312. The first kappa shape index (κ1) is 13.8. The molecule has 0 atom stereocenters. The maximum Gasteiger partial charge on any atom is 0.233 e. The zero-order valence-electron chi connectivity index (χ0n) is 10.9. The molecular formula is C12H23N3O2. The number of hydrogen-bond donors (Lipinski definition) is 3. The Labute approximate surface area is 102 Å². The van der Waals surface area contributed by atoms with E-state index in [1.807, 2.05) is 0 Å². The number of amides is 1. The highest BCUT2D eigenvalue weighted by atomic mass is 16.4. The van der Waals surface area contributed by atoms with Crippen LogP contribution < -0.4 is 11.1 Å². The van der Waals surface area contributed by atoms with Crippen LogP contribution in [0.2, 0.25) is 0 Å². The molecule has 0 heterocycles. The standard InChI is InChI=1S/C12H23N3O2/c1-11(2,3)8-14-10(16)12(9(13)15-17)6-4-5-7-12/h17H,4-8H2,1-3H3,(H2,13,15)(H,14,16). The number of hydrogen-bond acceptors (Lipinski definition) is 3. The maximum atomic E-state index is 12.2. The van der Waals surface area contributed by atoms with Crippen LogP contribution in [0, 0.1) is 10.8 Å². The van der Waals surface area contributed by atoms with Crippen LogP contribution in [0.25, 0.3) is 0 Å². The first-order valence-corrected chi connectivity index (χ1v) is 6.08. The van der Waals surface area contributed by atoms with E-state index in [0.29, 0.717) is 19.4 Å². The molecule has 0 aromatic heterocycles. The smallest absolute Gasteiger partial charge is 0.233 e. The van der Waals surface area contributed by atoms with Crippen molar-refractivity contribution in [3.8, 4) is 0 Å². The topological polar surface area (TPSA) is 87.7 Å². The molecule has 1 aliphatic rings. The monoisotopic (exact) mass is 241 g/mol. The Morgan fingerprint density at radius 3 is 2.35 bits per heavy atom. The summed E-state index contributed by atoms with van der Waals surface area (Å²) in [6, 6.07) is 0. The van der Waals surface area contributed by atoms with Gasteiger partial charge in [0.05, 0.1) is 0 Å². The van der Waals surface area contributed by atoms with Crippen molar-refractivity contribution in [2.75, 3.05) is 6.54 Å². The summed E-state index contributed by atoms with van der Waals surface area (Å²) < 4.78 is 0. The lowest BCUT2D eigenvalue weighted by atomic mass is 9.83. The predicted octanol–water partition coefficient (Wildman–Crippen LogP) is 1.46. The van der Waals surface area contributed by atoms with Crippen LogP contribution in [0.1, 0.15) is 46.5 Å². The predicted molar refractivity (Wildman–Crippen MR) is 66.8 cm³/mol. The van der Waals surface area contributed by atoms with Crippen molar-refractivity contribution in [2.45, 2.75) is 46.5 Å². The van der Waals surface area contributed by atoms with Crippen molar-refractivity contribution in [3.05, 3.63) is 0 Å². The van der Waals surface area contributed by atoms with E-state index in [0.717, 1.165) is 12.8 Å². The molecule has 5 heteroatoms. The van der Waals surface area contributed by atoms with Crippen LogP contribution in [0.4, 0.5) is 0 Å². The summed E-state index contributed by atoms with van der Waals surface area (Å²) in [7, 11) is 0. The average Bonchev–Trinajstić information content (AvgIpc) is 2.74. The molecule has 5 nitrogen and oxygen atoms in total. The molecular weight excluding hydrogens is 218 g/mol. The average molecular weight is 241 g/mol. The van der Waals surface area contributed by atoms with Gasteiger partial charge in [-0.1, -0.05) is 38.8 Å². The molecule has 1 fully saturated rings. The van der Waals surface area contributed by atoms with Gasteiger partial charge in [0.25, 0.3) is 0 Å². The molecule has 0 spiro atoms. The number of carbonyl (C=O) groups excluding carboxylic acids is 1. The van der Waals surface area contributed by atoms with Crippen LogP contribution in [-0.2, 0) is 4.79 Å². The summed E-state index contributed by atoms with van der Waals surface area (Å²) >= 11 is 0.